The molecule has 1 atom stereocenters. The first-order chi connectivity index (χ1) is 7.10. The molecule has 1 aromatic rings. The highest BCUT2D eigenvalue weighted by molar-refractivity contribution is 5.70. The van der Waals surface area contributed by atoms with Crippen molar-refractivity contribution in [3.05, 3.63) is 17.5 Å². The molecule has 1 heterocycles. The first-order valence-corrected chi connectivity index (χ1v) is 4.85. The van der Waals surface area contributed by atoms with Crippen LogP contribution >= 0.6 is 0 Å². The van der Waals surface area contributed by atoms with E-state index < -0.39 is 0 Å². The van der Waals surface area contributed by atoms with Crippen molar-refractivity contribution in [3.63, 3.8) is 0 Å². The van der Waals surface area contributed by atoms with E-state index in [1.807, 2.05) is 14.0 Å². The molecule has 0 aliphatic carbocycles. The maximum Gasteiger partial charge on any atom is 0.306 e. The van der Waals surface area contributed by atoms with E-state index in [0.717, 1.165) is 11.3 Å². The number of nitrogens with two attached hydrogens (primary N) is 1. The number of carbonyl (C=O) groups excluding carboxylic acids is 1. The van der Waals surface area contributed by atoms with Crippen LogP contribution in [0.25, 0.3) is 0 Å². The third-order valence-corrected chi connectivity index (χ3v) is 2.49. The van der Waals surface area contributed by atoms with Crippen LogP contribution in [0.4, 0.5) is 0 Å². The first kappa shape index (κ1) is 11.7. The Morgan fingerprint density at radius 2 is 2.40 bits per heavy atom. The second-order valence-corrected chi connectivity index (χ2v) is 3.55. The number of hydrogen-bond donors (Lipinski definition) is 1. The van der Waals surface area contributed by atoms with Crippen molar-refractivity contribution in [1.29, 1.82) is 0 Å². The smallest absolute Gasteiger partial charge is 0.306 e. The van der Waals surface area contributed by atoms with Crippen LogP contribution < -0.4 is 5.73 Å². The van der Waals surface area contributed by atoms with Gasteiger partial charge in [-0.3, -0.25) is 9.48 Å². The standard InChI is InChI=1S/C10H17N3O2/c1-7-6-12-13(2)10(7)8(5-11)4-9(14)15-3/h6,8H,4-5,11H2,1-3H3. The topological polar surface area (TPSA) is 70.1 Å². The summed E-state index contributed by atoms with van der Waals surface area (Å²) in [6, 6.07) is 0. The second-order valence-electron chi connectivity index (χ2n) is 3.55. The van der Waals surface area contributed by atoms with E-state index in [1.54, 1.807) is 10.9 Å². The molecule has 0 saturated heterocycles. The van der Waals surface area contributed by atoms with E-state index in [1.165, 1.54) is 7.11 Å². The summed E-state index contributed by atoms with van der Waals surface area (Å²) in [5.41, 5.74) is 7.71. The molecule has 0 aliphatic rings. The Balaban J connectivity index is 2.87. The molecule has 0 radical (unpaired) electrons. The van der Waals surface area contributed by atoms with Crippen molar-refractivity contribution in [2.45, 2.75) is 19.3 Å². The summed E-state index contributed by atoms with van der Waals surface area (Å²) in [4.78, 5) is 11.2. The fourth-order valence-corrected chi connectivity index (χ4v) is 1.72. The summed E-state index contributed by atoms with van der Waals surface area (Å²) < 4.78 is 6.40. The van der Waals surface area contributed by atoms with Gasteiger partial charge in [-0.05, 0) is 12.5 Å². The summed E-state index contributed by atoms with van der Waals surface area (Å²) in [5.74, 6) is -0.268. The Labute approximate surface area is 89.2 Å². The summed E-state index contributed by atoms with van der Waals surface area (Å²) in [5, 5.41) is 4.13. The van der Waals surface area contributed by atoms with E-state index in [9.17, 15) is 4.79 Å². The highest BCUT2D eigenvalue weighted by atomic mass is 16.5. The SMILES string of the molecule is COC(=O)CC(CN)c1c(C)cnn1C. The number of ether oxygens (including phenoxy) is 1. The molecule has 1 unspecified atom stereocenters. The van der Waals surface area contributed by atoms with Gasteiger partial charge < -0.3 is 10.5 Å². The molecule has 0 bridgehead atoms. The number of esters is 1. The van der Waals surface area contributed by atoms with Gasteiger partial charge in [0.1, 0.15) is 0 Å². The van der Waals surface area contributed by atoms with Crippen molar-refractivity contribution >= 4 is 5.97 Å². The van der Waals surface area contributed by atoms with Crippen LogP contribution in [-0.2, 0) is 16.6 Å². The molecule has 1 aromatic heterocycles. The molecule has 84 valence electrons. The molecule has 0 fully saturated rings. The van der Waals surface area contributed by atoms with Crippen LogP contribution in [0.5, 0.6) is 0 Å². The monoisotopic (exact) mass is 211 g/mol. The molecule has 0 aliphatic heterocycles. The van der Waals surface area contributed by atoms with Crippen molar-refractivity contribution in [1.82, 2.24) is 9.78 Å². The van der Waals surface area contributed by atoms with E-state index >= 15 is 0 Å². The van der Waals surface area contributed by atoms with Crippen LogP contribution in [0.3, 0.4) is 0 Å². The quantitative estimate of drug-likeness (QED) is 0.729. The predicted octanol–water partition coefficient (Wildman–Crippen LogP) is 0.334. The minimum absolute atomic E-state index is 0.0232. The Kier molecular flexibility index (Phi) is 3.85. The zero-order valence-corrected chi connectivity index (χ0v) is 9.36. The van der Waals surface area contributed by atoms with E-state index in [4.69, 9.17) is 5.73 Å². The number of aromatic nitrogens is 2. The first-order valence-electron chi connectivity index (χ1n) is 4.85. The van der Waals surface area contributed by atoms with Gasteiger partial charge in [-0.25, -0.2) is 0 Å². The van der Waals surface area contributed by atoms with Crippen LogP contribution in [0.15, 0.2) is 6.20 Å². The highest BCUT2D eigenvalue weighted by Gasteiger charge is 2.20. The summed E-state index contributed by atoms with van der Waals surface area (Å²) >= 11 is 0. The van der Waals surface area contributed by atoms with Gasteiger partial charge in [-0.15, -0.1) is 0 Å². The average molecular weight is 211 g/mol. The van der Waals surface area contributed by atoms with Gasteiger partial charge in [-0.2, -0.15) is 5.10 Å². The van der Waals surface area contributed by atoms with Crippen molar-refractivity contribution in [3.8, 4) is 0 Å². The number of aryl methyl sites for hydroxylation is 2. The lowest BCUT2D eigenvalue weighted by Crippen LogP contribution is -2.20. The molecular formula is C10H17N3O2. The largest absolute Gasteiger partial charge is 0.469 e. The number of hydrogen-bond acceptors (Lipinski definition) is 4. The fourth-order valence-electron chi connectivity index (χ4n) is 1.72. The molecule has 0 aromatic carbocycles. The molecule has 5 nitrogen and oxygen atoms in total. The van der Waals surface area contributed by atoms with Gasteiger partial charge >= 0.3 is 5.97 Å². The lowest BCUT2D eigenvalue weighted by atomic mass is 9.99. The molecule has 2 N–H and O–H groups in total. The fraction of sp³-hybridized carbons (Fsp3) is 0.600. The zero-order valence-electron chi connectivity index (χ0n) is 9.36. The minimum atomic E-state index is -0.244. The predicted molar refractivity (Wildman–Crippen MR) is 56.4 cm³/mol. The molecule has 0 amide bonds. The normalized spacial score (nSPS) is 12.5. The van der Waals surface area contributed by atoms with Gasteiger partial charge in [0, 0.05) is 25.2 Å². The van der Waals surface area contributed by atoms with Crippen molar-refractivity contribution in [2.75, 3.05) is 13.7 Å². The lowest BCUT2D eigenvalue weighted by molar-refractivity contribution is -0.141. The summed E-state index contributed by atoms with van der Waals surface area (Å²) in [6.07, 6.45) is 2.07. The number of methoxy groups -OCH3 is 1. The number of nitrogens with zero attached hydrogens (tertiary/aromatic N) is 2. The van der Waals surface area contributed by atoms with Crippen LogP contribution in [0.2, 0.25) is 0 Å². The summed E-state index contributed by atoms with van der Waals surface area (Å²) in [6.45, 7) is 2.37. The molecule has 0 spiro atoms. The molecule has 0 saturated carbocycles. The maximum atomic E-state index is 11.2. The Hall–Kier alpha value is -1.36. The minimum Gasteiger partial charge on any atom is -0.469 e. The van der Waals surface area contributed by atoms with Gasteiger partial charge in [0.25, 0.3) is 0 Å². The third-order valence-electron chi connectivity index (χ3n) is 2.49. The van der Waals surface area contributed by atoms with Crippen molar-refractivity contribution in [2.24, 2.45) is 12.8 Å². The summed E-state index contributed by atoms with van der Waals surface area (Å²) in [7, 11) is 3.23. The van der Waals surface area contributed by atoms with E-state index in [2.05, 4.69) is 9.84 Å². The zero-order chi connectivity index (χ0) is 11.4. The lowest BCUT2D eigenvalue weighted by Gasteiger charge is -2.14. The molecule has 1 rings (SSSR count). The molecule has 15 heavy (non-hydrogen) atoms. The highest BCUT2D eigenvalue weighted by Crippen LogP contribution is 2.21. The molecule has 5 heteroatoms. The average Bonchev–Trinajstić information content (AvgIpc) is 2.55. The van der Waals surface area contributed by atoms with Crippen LogP contribution in [-0.4, -0.2) is 29.4 Å². The van der Waals surface area contributed by atoms with Gasteiger partial charge in [0.15, 0.2) is 0 Å². The van der Waals surface area contributed by atoms with Gasteiger partial charge in [0.2, 0.25) is 0 Å². The van der Waals surface area contributed by atoms with Crippen molar-refractivity contribution < 1.29 is 9.53 Å². The molecular weight excluding hydrogens is 194 g/mol. The van der Waals surface area contributed by atoms with E-state index in [-0.39, 0.29) is 11.9 Å². The Bertz CT molecular complexity index is 327. The second kappa shape index (κ2) is 4.93. The van der Waals surface area contributed by atoms with Crippen LogP contribution in [0.1, 0.15) is 23.6 Å². The number of carbonyl (C=O) groups is 1. The van der Waals surface area contributed by atoms with Gasteiger partial charge in [0.05, 0.1) is 19.7 Å². The Morgan fingerprint density at radius 1 is 1.73 bits per heavy atom. The maximum absolute atomic E-state index is 11.2. The van der Waals surface area contributed by atoms with E-state index in [0.29, 0.717) is 13.0 Å². The van der Waals surface area contributed by atoms with Gasteiger partial charge in [-0.1, -0.05) is 0 Å². The Morgan fingerprint density at radius 3 is 2.80 bits per heavy atom. The number of rotatable bonds is 4. The van der Waals surface area contributed by atoms with Crippen LogP contribution in [0, 0.1) is 6.92 Å². The third kappa shape index (κ3) is 2.56.